The van der Waals surface area contributed by atoms with E-state index in [1.807, 2.05) is 19.1 Å². The summed E-state index contributed by atoms with van der Waals surface area (Å²) in [5.74, 6) is 0.462. The van der Waals surface area contributed by atoms with Crippen molar-refractivity contribution >= 4 is 17.7 Å². The second kappa shape index (κ2) is 7.27. The maximum absolute atomic E-state index is 12.0. The lowest BCUT2D eigenvalue weighted by Gasteiger charge is -2.17. The van der Waals surface area contributed by atoms with E-state index in [0.29, 0.717) is 5.75 Å². The fourth-order valence-corrected chi connectivity index (χ4v) is 2.87. The summed E-state index contributed by atoms with van der Waals surface area (Å²) < 4.78 is 0. The van der Waals surface area contributed by atoms with Gasteiger partial charge in [0.1, 0.15) is 0 Å². The fourth-order valence-electron chi connectivity index (χ4n) is 2.17. The van der Waals surface area contributed by atoms with Crippen LogP contribution in [0, 0.1) is 13.8 Å². The normalized spacial score (nSPS) is 12.0. The van der Waals surface area contributed by atoms with Crippen molar-refractivity contribution < 1.29 is 4.79 Å². The van der Waals surface area contributed by atoms with E-state index >= 15 is 0 Å². The molecule has 1 heterocycles. The molecule has 1 unspecified atom stereocenters. The van der Waals surface area contributed by atoms with Crippen LogP contribution < -0.4 is 5.32 Å². The summed E-state index contributed by atoms with van der Waals surface area (Å²) in [5, 5.41) is 3.06. The minimum absolute atomic E-state index is 0.0236. The van der Waals surface area contributed by atoms with Gasteiger partial charge < -0.3 is 5.32 Å². The number of carbonyl (C=O) groups is 1. The Balaban J connectivity index is 1.91. The SMILES string of the molecule is Cc1ccc(C)c(C(C)NC(=O)CSc2ccncc2)c1. The minimum Gasteiger partial charge on any atom is -0.349 e. The molecule has 1 aromatic carbocycles. The first-order valence-electron chi connectivity index (χ1n) is 6.95. The van der Waals surface area contributed by atoms with E-state index in [0.717, 1.165) is 4.90 Å². The molecule has 3 nitrogen and oxygen atoms in total. The van der Waals surface area contributed by atoms with E-state index in [2.05, 4.69) is 42.3 Å². The fraction of sp³-hybridized carbons (Fsp3) is 0.294. The minimum atomic E-state index is 0.0236. The summed E-state index contributed by atoms with van der Waals surface area (Å²) in [7, 11) is 0. The van der Waals surface area contributed by atoms with Gasteiger partial charge in [-0.25, -0.2) is 0 Å². The average molecular weight is 300 g/mol. The zero-order chi connectivity index (χ0) is 15.2. The summed E-state index contributed by atoms with van der Waals surface area (Å²) in [6.45, 7) is 6.16. The lowest BCUT2D eigenvalue weighted by molar-refractivity contribution is -0.119. The molecule has 0 saturated heterocycles. The highest BCUT2D eigenvalue weighted by Gasteiger charge is 2.12. The van der Waals surface area contributed by atoms with Crippen molar-refractivity contribution in [3.63, 3.8) is 0 Å². The van der Waals surface area contributed by atoms with E-state index in [4.69, 9.17) is 0 Å². The Labute approximate surface area is 130 Å². The first kappa shape index (κ1) is 15.6. The second-order valence-corrected chi connectivity index (χ2v) is 6.17. The van der Waals surface area contributed by atoms with Crippen LogP contribution in [0.3, 0.4) is 0 Å². The van der Waals surface area contributed by atoms with Crippen LogP contribution in [0.5, 0.6) is 0 Å². The molecule has 0 aliphatic carbocycles. The number of amides is 1. The van der Waals surface area contributed by atoms with E-state index in [9.17, 15) is 4.79 Å². The van der Waals surface area contributed by atoms with Crippen molar-refractivity contribution in [3.05, 3.63) is 59.4 Å². The van der Waals surface area contributed by atoms with Gasteiger partial charge in [0.15, 0.2) is 0 Å². The van der Waals surface area contributed by atoms with Crippen LogP contribution in [0.4, 0.5) is 0 Å². The van der Waals surface area contributed by atoms with Crippen LogP contribution >= 0.6 is 11.8 Å². The number of aryl methyl sites for hydroxylation is 2. The number of carbonyl (C=O) groups excluding carboxylic acids is 1. The molecule has 4 heteroatoms. The highest BCUT2D eigenvalue weighted by Crippen LogP contribution is 2.20. The first-order chi connectivity index (χ1) is 10.1. The summed E-state index contributed by atoms with van der Waals surface area (Å²) in [6, 6.07) is 10.2. The molecular formula is C17H20N2OS. The number of rotatable bonds is 5. The number of thioether (sulfide) groups is 1. The molecule has 0 aliphatic rings. The predicted octanol–water partition coefficient (Wildman–Crippen LogP) is 3.67. The largest absolute Gasteiger partial charge is 0.349 e. The van der Waals surface area contributed by atoms with Crippen LogP contribution in [0.15, 0.2) is 47.6 Å². The molecule has 2 aromatic rings. The molecule has 0 aliphatic heterocycles. The molecule has 0 saturated carbocycles. The number of pyridine rings is 1. The molecule has 0 radical (unpaired) electrons. The molecule has 21 heavy (non-hydrogen) atoms. The van der Waals surface area contributed by atoms with E-state index < -0.39 is 0 Å². The van der Waals surface area contributed by atoms with Crippen LogP contribution in [-0.4, -0.2) is 16.6 Å². The Kier molecular flexibility index (Phi) is 5.39. The van der Waals surface area contributed by atoms with Gasteiger partial charge in [-0.1, -0.05) is 23.8 Å². The molecule has 1 atom stereocenters. The molecule has 0 spiro atoms. The maximum Gasteiger partial charge on any atom is 0.230 e. The summed E-state index contributed by atoms with van der Waals surface area (Å²) in [6.07, 6.45) is 3.47. The van der Waals surface area contributed by atoms with Crippen molar-refractivity contribution in [1.29, 1.82) is 0 Å². The van der Waals surface area contributed by atoms with Crippen molar-refractivity contribution in [3.8, 4) is 0 Å². The van der Waals surface area contributed by atoms with E-state index in [-0.39, 0.29) is 11.9 Å². The third-order valence-corrected chi connectivity index (χ3v) is 4.31. The summed E-state index contributed by atoms with van der Waals surface area (Å²) >= 11 is 1.52. The third kappa shape index (κ3) is 4.60. The van der Waals surface area contributed by atoms with Gasteiger partial charge in [-0.3, -0.25) is 9.78 Å². The number of nitrogens with zero attached hydrogens (tertiary/aromatic N) is 1. The third-order valence-electron chi connectivity index (χ3n) is 3.30. The highest BCUT2D eigenvalue weighted by atomic mass is 32.2. The van der Waals surface area contributed by atoms with Gasteiger partial charge in [0, 0.05) is 17.3 Å². The van der Waals surface area contributed by atoms with Crippen LogP contribution in [0.2, 0.25) is 0 Å². The quantitative estimate of drug-likeness (QED) is 0.857. The lowest BCUT2D eigenvalue weighted by Crippen LogP contribution is -2.28. The molecular weight excluding hydrogens is 280 g/mol. The topological polar surface area (TPSA) is 42.0 Å². The predicted molar refractivity (Wildman–Crippen MR) is 87.4 cm³/mol. The monoisotopic (exact) mass is 300 g/mol. The van der Waals surface area contributed by atoms with Gasteiger partial charge in [-0.15, -0.1) is 11.8 Å². The Hall–Kier alpha value is -1.81. The first-order valence-corrected chi connectivity index (χ1v) is 7.94. The van der Waals surface area contributed by atoms with Crippen LogP contribution in [0.1, 0.15) is 29.7 Å². The molecule has 1 N–H and O–H groups in total. The molecule has 2 rings (SSSR count). The highest BCUT2D eigenvalue weighted by molar-refractivity contribution is 8.00. The van der Waals surface area contributed by atoms with Gasteiger partial charge in [0.2, 0.25) is 5.91 Å². The maximum atomic E-state index is 12.0. The molecule has 1 aromatic heterocycles. The molecule has 0 bridgehead atoms. The van der Waals surface area contributed by atoms with E-state index in [1.54, 1.807) is 12.4 Å². The van der Waals surface area contributed by atoms with Gasteiger partial charge in [0.05, 0.1) is 11.8 Å². The Morgan fingerprint density at radius 3 is 2.67 bits per heavy atom. The van der Waals surface area contributed by atoms with Crippen LogP contribution in [0.25, 0.3) is 0 Å². The van der Waals surface area contributed by atoms with Gasteiger partial charge in [0.25, 0.3) is 0 Å². The number of benzene rings is 1. The van der Waals surface area contributed by atoms with Crippen LogP contribution in [-0.2, 0) is 4.79 Å². The number of nitrogens with one attached hydrogen (secondary N) is 1. The Bertz CT molecular complexity index is 613. The summed E-state index contributed by atoms with van der Waals surface area (Å²) in [5.41, 5.74) is 3.59. The number of aromatic nitrogens is 1. The van der Waals surface area contributed by atoms with Crippen molar-refractivity contribution in [2.75, 3.05) is 5.75 Å². The van der Waals surface area contributed by atoms with E-state index in [1.165, 1.54) is 28.5 Å². The van der Waals surface area contributed by atoms with Gasteiger partial charge >= 0.3 is 0 Å². The molecule has 110 valence electrons. The van der Waals surface area contributed by atoms with Gasteiger partial charge in [-0.05, 0) is 44.0 Å². The van der Waals surface area contributed by atoms with Crippen molar-refractivity contribution in [2.45, 2.75) is 31.7 Å². The lowest BCUT2D eigenvalue weighted by atomic mass is 10.00. The van der Waals surface area contributed by atoms with Crippen molar-refractivity contribution in [1.82, 2.24) is 10.3 Å². The van der Waals surface area contributed by atoms with Crippen molar-refractivity contribution in [2.24, 2.45) is 0 Å². The average Bonchev–Trinajstić information content (AvgIpc) is 2.48. The molecule has 0 fully saturated rings. The Morgan fingerprint density at radius 2 is 1.95 bits per heavy atom. The second-order valence-electron chi connectivity index (χ2n) is 5.12. The summed E-state index contributed by atoms with van der Waals surface area (Å²) in [4.78, 5) is 17.1. The Morgan fingerprint density at radius 1 is 1.24 bits per heavy atom. The smallest absolute Gasteiger partial charge is 0.230 e. The van der Waals surface area contributed by atoms with Gasteiger partial charge in [-0.2, -0.15) is 0 Å². The zero-order valence-electron chi connectivity index (χ0n) is 12.6. The standard InChI is InChI=1S/C17H20N2OS/c1-12-4-5-13(2)16(10-12)14(3)19-17(20)11-21-15-6-8-18-9-7-15/h4-10,14H,11H2,1-3H3,(H,19,20). The zero-order valence-corrected chi connectivity index (χ0v) is 13.4. The number of hydrogen-bond donors (Lipinski definition) is 1. The molecule has 1 amide bonds. The number of hydrogen-bond acceptors (Lipinski definition) is 3.